The topological polar surface area (TPSA) is 47.3 Å². The van der Waals surface area contributed by atoms with E-state index in [1.807, 2.05) is 48.5 Å². The van der Waals surface area contributed by atoms with Gasteiger partial charge in [-0.05, 0) is 33.6 Å². The molecule has 0 unspecified atom stereocenters. The van der Waals surface area contributed by atoms with Crippen LogP contribution in [0.2, 0.25) is 0 Å². The number of benzene rings is 2. The molecule has 0 atom stereocenters. The van der Waals surface area contributed by atoms with Crippen molar-refractivity contribution in [3.63, 3.8) is 0 Å². The highest BCUT2D eigenvalue weighted by Gasteiger charge is 2.01. The van der Waals surface area contributed by atoms with Crippen LogP contribution in [0.25, 0.3) is 0 Å². The molecule has 3 N–H and O–H groups in total. The lowest BCUT2D eigenvalue weighted by Crippen LogP contribution is -2.07. The minimum atomic E-state index is 0.548. The van der Waals surface area contributed by atoms with Gasteiger partial charge in [-0.1, -0.05) is 30.3 Å². The largest absolute Gasteiger partial charge is 0.489 e. The van der Waals surface area contributed by atoms with Crippen LogP contribution in [0.3, 0.4) is 0 Å². The van der Waals surface area contributed by atoms with E-state index in [1.54, 1.807) is 0 Å². The van der Waals surface area contributed by atoms with E-state index in [1.165, 1.54) is 0 Å². The zero-order chi connectivity index (χ0) is 12.1. The van der Waals surface area contributed by atoms with Gasteiger partial charge in [0.05, 0.1) is 5.69 Å². The third kappa shape index (κ3) is 3.22. The van der Waals surface area contributed by atoms with Gasteiger partial charge < -0.3 is 10.2 Å². The summed E-state index contributed by atoms with van der Waals surface area (Å²) in [5.41, 5.74) is 4.55. The Morgan fingerprint density at radius 3 is 2.59 bits per heavy atom. The maximum Gasteiger partial charge on any atom is 0.122 e. The minimum Gasteiger partial charge on any atom is -0.489 e. The Balaban J connectivity index is 2.04. The minimum absolute atomic E-state index is 0.548. The molecule has 0 bridgehead atoms. The molecule has 88 valence electrons. The van der Waals surface area contributed by atoms with Crippen molar-refractivity contribution in [1.29, 1.82) is 0 Å². The summed E-state index contributed by atoms with van der Waals surface area (Å²) in [5.74, 6) is 6.17. The molecule has 4 heteroatoms. The molecule has 2 aromatic carbocycles. The van der Waals surface area contributed by atoms with Crippen molar-refractivity contribution in [2.24, 2.45) is 5.84 Å². The lowest BCUT2D eigenvalue weighted by molar-refractivity contribution is 0.306. The number of nitrogen functional groups attached to an aromatic ring is 1. The van der Waals surface area contributed by atoms with Crippen molar-refractivity contribution in [2.45, 2.75) is 6.61 Å². The van der Waals surface area contributed by atoms with Crippen LogP contribution in [0, 0.1) is 0 Å². The van der Waals surface area contributed by atoms with Crippen molar-refractivity contribution in [3.05, 3.63) is 58.6 Å². The highest BCUT2D eigenvalue weighted by molar-refractivity contribution is 9.10. The average molecular weight is 293 g/mol. The van der Waals surface area contributed by atoms with Crippen molar-refractivity contribution in [1.82, 2.24) is 0 Å². The molecule has 0 radical (unpaired) electrons. The second-order valence-electron chi connectivity index (χ2n) is 3.56. The Morgan fingerprint density at radius 1 is 1.12 bits per heavy atom. The fraction of sp³-hybridized carbons (Fsp3) is 0.0769. The van der Waals surface area contributed by atoms with Crippen molar-refractivity contribution >= 4 is 21.6 Å². The van der Waals surface area contributed by atoms with Crippen molar-refractivity contribution < 1.29 is 4.74 Å². The SMILES string of the molecule is NNc1cc(OCc2ccccc2)ccc1Br. The number of nitrogens with one attached hydrogen (secondary N) is 1. The van der Waals surface area contributed by atoms with E-state index >= 15 is 0 Å². The summed E-state index contributed by atoms with van der Waals surface area (Å²) in [6.07, 6.45) is 0. The summed E-state index contributed by atoms with van der Waals surface area (Å²) < 4.78 is 6.58. The number of rotatable bonds is 4. The summed E-state index contributed by atoms with van der Waals surface area (Å²) >= 11 is 3.39. The monoisotopic (exact) mass is 292 g/mol. The molecule has 0 heterocycles. The van der Waals surface area contributed by atoms with Gasteiger partial charge in [-0.25, -0.2) is 0 Å². The fourth-order valence-electron chi connectivity index (χ4n) is 1.45. The third-order valence-corrected chi connectivity index (χ3v) is 3.03. The molecule has 0 spiro atoms. The third-order valence-electron chi connectivity index (χ3n) is 2.34. The Labute approximate surface area is 109 Å². The molecule has 17 heavy (non-hydrogen) atoms. The van der Waals surface area contributed by atoms with Crippen LogP contribution in [0.15, 0.2) is 53.0 Å². The van der Waals surface area contributed by atoms with Crippen molar-refractivity contribution in [3.8, 4) is 5.75 Å². The number of anilines is 1. The predicted octanol–water partition coefficient (Wildman–Crippen LogP) is 3.31. The van der Waals surface area contributed by atoms with Gasteiger partial charge in [-0.15, -0.1) is 0 Å². The smallest absolute Gasteiger partial charge is 0.122 e. The summed E-state index contributed by atoms with van der Waals surface area (Å²) in [5, 5.41) is 0. The molecular weight excluding hydrogens is 280 g/mol. The Hall–Kier alpha value is -1.52. The van der Waals surface area contributed by atoms with Gasteiger partial charge in [0, 0.05) is 10.5 Å². The Bertz CT molecular complexity index is 488. The van der Waals surface area contributed by atoms with Crippen LogP contribution < -0.4 is 16.0 Å². The first-order valence-electron chi connectivity index (χ1n) is 5.22. The zero-order valence-corrected chi connectivity index (χ0v) is 10.8. The van der Waals surface area contributed by atoms with Gasteiger partial charge in [-0.3, -0.25) is 5.84 Å². The van der Waals surface area contributed by atoms with Crippen molar-refractivity contribution in [2.75, 3.05) is 5.43 Å². The van der Waals surface area contributed by atoms with Gasteiger partial charge in [0.15, 0.2) is 0 Å². The Kier molecular flexibility index (Phi) is 4.01. The summed E-state index contributed by atoms with van der Waals surface area (Å²) in [4.78, 5) is 0. The molecule has 0 saturated carbocycles. The summed E-state index contributed by atoms with van der Waals surface area (Å²) in [6, 6.07) is 15.7. The fourth-order valence-corrected chi connectivity index (χ4v) is 1.81. The number of halogens is 1. The first kappa shape index (κ1) is 12.0. The molecular formula is C13H13BrN2O. The van der Waals surface area contributed by atoms with Crippen LogP contribution in [0.4, 0.5) is 5.69 Å². The maximum absolute atomic E-state index is 5.67. The molecule has 0 saturated heterocycles. The van der Waals surface area contributed by atoms with E-state index in [0.717, 1.165) is 21.5 Å². The maximum atomic E-state index is 5.67. The molecule has 3 nitrogen and oxygen atoms in total. The molecule has 0 fully saturated rings. The van der Waals surface area contributed by atoms with Gasteiger partial charge >= 0.3 is 0 Å². The summed E-state index contributed by atoms with van der Waals surface area (Å²) in [7, 11) is 0. The van der Waals surface area contributed by atoms with Gasteiger partial charge in [0.1, 0.15) is 12.4 Å². The normalized spacial score (nSPS) is 10.0. The quantitative estimate of drug-likeness (QED) is 0.671. The standard InChI is InChI=1S/C13H13BrN2O/c14-12-7-6-11(8-13(12)16-15)17-9-10-4-2-1-3-5-10/h1-8,16H,9,15H2. The van der Waals surface area contributed by atoms with Crippen LogP contribution in [0.1, 0.15) is 5.56 Å². The molecule has 2 aromatic rings. The van der Waals surface area contributed by atoms with E-state index in [0.29, 0.717) is 6.61 Å². The molecule has 2 rings (SSSR count). The van der Waals surface area contributed by atoms with Crippen LogP contribution in [-0.4, -0.2) is 0 Å². The zero-order valence-electron chi connectivity index (χ0n) is 9.19. The number of nitrogens with two attached hydrogens (primary N) is 1. The highest BCUT2D eigenvalue weighted by atomic mass is 79.9. The van der Waals surface area contributed by atoms with E-state index in [9.17, 15) is 0 Å². The average Bonchev–Trinajstić information content (AvgIpc) is 2.39. The number of hydrogen-bond donors (Lipinski definition) is 2. The molecule has 0 amide bonds. The van der Waals surface area contributed by atoms with E-state index in [2.05, 4.69) is 21.4 Å². The van der Waals surface area contributed by atoms with Gasteiger partial charge in [0.2, 0.25) is 0 Å². The lowest BCUT2D eigenvalue weighted by Gasteiger charge is -2.09. The molecule has 0 aliphatic rings. The van der Waals surface area contributed by atoms with Crippen LogP contribution in [-0.2, 0) is 6.61 Å². The van der Waals surface area contributed by atoms with E-state index < -0.39 is 0 Å². The molecule has 0 aliphatic carbocycles. The number of hydrogen-bond acceptors (Lipinski definition) is 3. The first-order valence-corrected chi connectivity index (χ1v) is 6.02. The van der Waals surface area contributed by atoms with E-state index in [-0.39, 0.29) is 0 Å². The molecule has 0 aromatic heterocycles. The van der Waals surface area contributed by atoms with Crippen LogP contribution >= 0.6 is 15.9 Å². The predicted molar refractivity (Wildman–Crippen MR) is 72.7 cm³/mol. The second kappa shape index (κ2) is 5.70. The number of ether oxygens (including phenoxy) is 1. The lowest BCUT2D eigenvalue weighted by atomic mass is 10.2. The number of hydrazine groups is 1. The van der Waals surface area contributed by atoms with E-state index in [4.69, 9.17) is 10.6 Å². The van der Waals surface area contributed by atoms with Gasteiger partial charge in [0.25, 0.3) is 0 Å². The summed E-state index contributed by atoms with van der Waals surface area (Å²) in [6.45, 7) is 0.548. The van der Waals surface area contributed by atoms with Crippen LogP contribution in [0.5, 0.6) is 5.75 Å². The van der Waals surface area contributed by atoms with Gasteiger partial charge in [-0.2, -0.15) is 0 Å². The Morgan fingerprint density at radius 2 is 1.88 bits per heavy atom. The molecule has 0 aliphatic heterocycles. The highest BCUT2D eigenvalue weighted by Crippen LogP contribution is 2.26. The first-order chi connectivity index (χ1) is 8.29. The second-order valence-corrected chi connectivity index (χ2v) is 4.41.